The molecule has 1 aliphatic carbocycles. The molecule has 3 rings (SSSR count). The Bertz CT molecular complexity index is 690. The lowest BCUT2D eigenvalue weighted by atomic mass is 9.90. The van der Waals surface area contributed by atoms with Crippen LogP contribution >= 0.6 is 0 Å². The molecular weight excluding hydrogens is 260 g/mol. The summed E-state index contributed by atoms with van der Waals surface area (Å²) in [6.45, 7) is 0.566. The van der Waals surface area contributed by atoms with Crippen molar-refractivity contribution < 1.29 is 4.74 Å². The summed E-state index contributed by atoms with van der Waals surface area (Å²) in [7, 11) is 0. The van der Waals surface area contributed by atoms with E-state index >= 15 is 0 Å². The summed E-state index contributed by atoms with van der Waals surface area (Å²) in [5.74, 6) is 0.865. The molecule has 0 saturated carbocycles. The summed E-state index contributed by atoms with van der Waals surface area (Å²) in [6.07, 6.45) is 3.09. The zero-order chi connectivity index (χ0) is 14.7. The van der Waals surface area contributed by atoms with Gasteiger partial charge in [-0.1, -0.05) is 30.3 Å². The minimum absolute atomic E-state index is 0.566. The molecule has 0 amide bonds. The monoisotopic (exact) mass is 278 g/mol. The molecule has 0 saturated heterocycles. The maximum atomic E-state index is 7.38. The molecule has 0 radical (unpaired) electrons. The van der Waals surface area contributed by atoms with Gasteiger partial charge >= 0.3 is 0 Å². The zero-order valence-electron chi connectivity index (χ0n) is 11.8. The predicted octanol–water partition coefficient (Wildman–Crippen LogP) is 3.53. The Hall–Kier alpha value is -2.55. The van der Waals surface area contributed by atoms with E-state index < -0.39 is 0 Å². The molecule has 0 fully saturated rings. The van der Waals surface area contributed by atoms with E-state index in [0.29, 0.717) is 6.61 Å². The molecule has 0 heterocycles. The number of hydrogen-bond donors (Lipinski definition) is 2. The Morgan fingerprint density at radius 3 is 2.67 bits per heavy atom. The molecular formula is C18H18N2O. The van der Waals surface area contributed by atoms with Crippen molar-refractivity contribution in [1.82, 2.24) is 0 Å². The van der Waals surface area contributed by atoms with Crippen molar-refractivity contribution >= 4 is 11.9 Å². The third-order valence-corrected chi connectivity index (χ3v) is 3.80. The van der Waals surface area contributed by atoms with Gasteiger partial charge in [-0.05, 0) is 47.7 Å². The Balaban J connectivity index is 1.78. The summed E-state index contributed by atoms with van der Waals surface area (Å²) in [5.41, 5.74) is 11.1. The molecule has 3 N–H and O–H groups in total. The number of aryl methyl sites for hydroxylation is 1. The van der Waals surface area contributed by atoms with Crippen molar-refractivity contribution in [3.63, 3.8) is 0 Å². The fourth-order valence-corrected chi connectivity index (χ4v) is 2.60. The van der Waals surface area contributed by atoms with Crippen molar-refractivity contribution in [2.24, 2.45) is 5.73 Å². The van der Waals surface area contributed by atoms with Crippen molar-refractivity contribution in [2.45, 2.75) is 19.4 Å². The average molecular weight is 278 g/mol. The number of rotatable bonds is 4. The minimum atomic E-state index is 0.566. The largest absolute Gasteiger partial charge is 0.489 e. The number of nitrogens with two attached hydrogens (primary N) is 1. The summed E-state index contributed by atoms with van der Waals surface area (Å²) in [5, 5.41) is 7.38. The fourth-order valence-electron chi connectivity index (χ4n) is 2.60. The van der Waals surface area contributed by atoms with E-state index in [1.807, 2.05) is 30.3 Å². The number of benzene rings is 2. The van der Waals surface area contributed by atoms with Crippen LogP contribution in [0.25, 0.3) is 5.70 Å². The highest BCUT2D eigenvalue weighted by Crippen LogP contribution is 2.30. The van der Waals surface area contributed by atoms with Crippen LogP contribution in [0.15, 0.2) is 54.1 Å². The Morgan fingerprint density at radius 1 is 1.10 bits per heavy atom. The van der Waals surface area contributed by atoms with Gasteiger partial charge in [-0.25, -0.2) is 0 Å². The number of allylic oxidation sites excluding steroid dienone is 1. The standard InChI is InChI=1S/C18H18N2O/c19-11-15-7-6-14-10-16(8-9-17(14)18(15)20)21-12-13-4-2-1-3-5-13/h1-5,8-11,19H,6-7,12,20H2. The molecule has 0 aliphatic heterocycles. The van der Waals surface area contributed by atoms with Gasteiger partial charge in [-0.15, -0.1) is 0 Å². The second-order valence-electron chi connectivity index (χ2n) is 5.18. The van der Waals surface area contributed by atoms with Gasteiger partial charge in [0.15, 0.2) is 0 Å². The highest BCUT2D eigenvalue weighted by Gasteiger charge is 2.16. The first-order chi connectivity index (χ1) is 10.3. The number of ether oxygens (including phenoxy) is 1. The Kier molecular flexibility index (Phi) is 3.73. The van der Waals surface area contributed by atoms with E-state index in [0.717, 1.165) is 41.0 Å². The number of hydrogen-bond acceptors (Lipinski definition) is 3. The SMILES string of the molecule is N=CC1=C(N)c2ccc(OCc3ccccc3)cc2CC1. The van der Waals surface area contributed by atoms with E-state index in [1.165, 1.54) is 11.8 Å². The summed E-state index contributed by atoms with van der Waals surface area (Å²) >= 11 is 0. The molecule has 0 spiro atoms. The van der Waals surface area contributed by atoms with Crippen molar-refractivity contribution in [1.29, 1.82) is 5.41 Å². The van der Waals surface area contributed by atoms with E-state index in [1.54, 1.807) is 0 Å². The number of nitrogens with one attached hydrogen (secondary N) is 1. The highest BCUT2D eigenvalue weighted by atomic mass is 16.5. The van der Waals surface area contributed by atoms with Crippen LogP contribution < -0.4 is 10.5 Å². The van der Waals surface area contributed by atoms with Gasteiger partial charge < -0.3 is 15.9 Å². The lowest BCUT2D eigenvalue weighted by Gasteiger charge is -2.19. The van der Waals surface area contributed by atoms with Gasteiger partial charge in [0, 0.05) is 17.5 Å². The molecule has 2 aromatic carbocycles. The van der Waals surface area contributed by atoms with Crippen LogP contribution in [-0.2, 0) is 13.0 Å². The molecule has 0 atom stereocenters. The average Bonchev–Trinajstić information content (AvgIpc) is 2.54. The van der Waals surface area contributed by atoms with E-state index in [-0.39, 0.29) is 0 Å². The maximum Gasteiger partial charge on any atom is 0.120 e. The molecule has 0 unspecified atom stereocenters. The molecule has 1 aliphatic rings. The Labute approximate surface area is 124 Å². The van der Waals surface area contributed by atoms with Gasteiger partial charge in [0.1, 0.15) is 12.4 Å². The first-order valence-corrected chi connectivity index (χ1v) is 7.07. The van der Waals surface area contributed by atoms with Crippen LogP contribution in [0.1, 0.15) is 23.1 Å². The molecule has 0 aromatic heterocycles. The van der Waals surface area contributed by atoms with Crippen LogP contribution in [0, 0.1) is 5.41 Å². The van der Waals surface area contributed by atoms with Crippen LogP contribution in [0.2, 0.25) is 0 Å². The first-order valence-electron chi connectivity index (χ1n) is 7.07. The van der Waals surface area contributed by atoms with Gasteiger partial charge in [-0.2, -0.15) is 0 Å². The minimum Gasteiger partial charge on any atom is -0.489 e. The molecule has 106 valence electrons. The summed E-state index contributed by atoms with van der Waals surface area (Å²) in [4.78, 5) is 0. The van der Waals surface area contributed by atoms with Gasteiger partial charge in [0.05, 0.1) is 0 Å². The Morgan fingerprint density at radius 2 is 1.90 bits per heavy atom. The maximum absolute atomic E-state index is 7.38. The predicted molar refractivity (Wildman–Crippen MR) is 85.4 cm³/mol. The van der Waals surface area contributed by atoms with E-state index in [4.69, 9.17) is 15.9 Å². The van der Waals surface area contributed by atoms with Crippen molar-refractivity contribution in [3.05, 3.63) is 70.8 Å². The molecule has 21 heavy (non-hydrogen) atoms. The molecule has 0 bridgehead atoms. The highest BCUT2D eigenvalue weighted by molar-refractivity contribution is 5.90. The zero-order valence-corrected chi connectivity index (χ0v) is 11.8. The van der Waals surface area contributed by atoms with Crippen LogP contribution in [0.4, 0.5) is 0 Å². The molecule has 3 heteroatoms. The quantitative estimate of drug-likeness (QED) is 0.840. The first kappa shape index (κ1) is 13.4. The summed E-state index contributed by atoms with van der Waals surface area (Å²) in [6, 6.07) is 16.1. The lowest BCUT2D eigenvalue weighted by Crippen LogP contribution is -2.11. The topological polar surface area (TPSA) is 59.1 Å². The van der Waals surface area contributed by atoms with Gasteiger partial charge in [0.2, 0.25) is 0 Å². The second kappa shape index (κ2) is 5.83. The third kappa shape index (κ3) is 2.82. The lowest BCUT2D eigenvalue weighted by molar-refractivity contribution is 0.306. The third-order valence-electron chi connectivity index (χ3n) is 3.80. The van der Waals surface area contributed by atoms with Crippen molar-refractivity contribution in [2.75, 3.05) is 0 Å². The van der Waals surface area contributed by atoms with E-state index in [9.17, 15) is 0 Å². The van der Waals surface area contributed by atoms with Crippen LogP contribution in [0.3, 0.4) is 0 Å². The summed E-state index contributed by atoms with van der Waals surface area (Å²) < 4.78 is 5.84. The number of fused-ring (bicyclic) bond motifs is 1. The molecule has 3 nitrogen and oxygen atoms in total. The van der Waals surface area contributed by atoms with Gasteiger partial charge in [0.25, 0.3) is 0 Å². The van der Waals surface area contributed by atoms with Crippen LogP contribution in [0.5, 0.6) is 5.75 Å². The van der Waals surface area contributed by atoms with Gasteiger partial charge in [-0.3, -0.25) is 0 Å². The smallest absolute Gasteiger partial charge is 0.120 e. The normalized spacial score (nSPS) is 13.7. The van der Waals surface area contributed by atoms with Crippen LogP contribution in [-0.4, -0.2) is 6.21 Å². The van der Waals surface area contributed by atoms with Crippen molar-refractivity contribution in [3.8, 4) is 5.75 Å². The van der Waals surface area contributed by atoms with E-state index in [2.05, 4.69) is 18.2 Å². The fraction of sp³-hybridized carbons (Fsp3) is 0.167. The second-order valence-corrected chi connectivity index (χ2v) is 5.18. The molecule has 2 aromatic rings.